The predicted molar refractivity (Wildman–Crippen MR) is 101 cm³/mol. The van der Waals surface area contributed by atoms with E-state index in [1.165, 1.54) is 4.88 Å². The summed E-state index contributed by atoms with van der Waals surface area (Å²) in [7, 11) is 0. The molecule has 8 heteroatoms. The molecule has 0 bridgehead atoms. The monoisotopic (exact) mass is 392 g/mol. The number of nitrogens with zero attached hydrogens (tertiary/aromatic N) is 3. The smallest absolute Gasteiger partial charge is 0.367 e. The van der Waals surface area contributed by atoms with Gasteiger partial charge >= 0.3 is 6.18 Å². The van der Waals surface area contributed by atoms with Gasteiger partial charge in [-0.15, -0.1) is 11.3 Å². The highest BCUT2D eigenvalue weighted by Gasteiger charge is 2.35. The van der Waals surface area contributed by atoms with Gasteiger partial charge in [-0.3, -0.25) is 4.90 Å². The first-order valence-corrected chi connectivity index (χ1v) is 9.75. The van der Waals surface area contributed by atoms with Gasteiger partial charge < -0.3 is 5.32 Å². The van der Waals surface area contributed by atoms with Crippen LogP contribution >= 0.6 is 11.3 Å². The van der Waals surface area contributed by atoms with E-state index in [4.69, 9.17) is 0 Å². The van der Waals surface area contributed by atoms with Crippen molar-refractivity contribution in [3.63, 3.8) is 0 Å². The Morgan fingerprint density at radius 3 is 2.56 bits per heavy atom. The van der Waals surface area contributed by atoms with Gasteiger partial charge in [0.2, 0.25) is 5.82 Å². The van der Waals surface area contributed by atoms with Crippen molar-refractivity contribution in [2.24, 2.45) is 0 Å². The number of fused-ring (bicyclic) bond motifs is 1. The Balaban J connectivity index is 1.65. The van der Waals surface area contributed by atoms with Gasteiger partial charge in [0.15, 0.2) is 0 Å². The van der Waals surface area contributed by atoms with Crippen molar-refractivity contribution in [3.05, 3.63) is 52.5 Å². The summed E-state index contributed by atoms with van der Waals surface area (Å²) in [5.41, 5.74) is 0.288. The summed E-state index contributed by atoms with van der Waals surface area (Å²) in [5, 5.41) is 5.80. The molecule has 4 nitrogen and oxygen atoms in total. The first-order valence-electron chi connectivity index (χ1n) is 8.88. The second-order valence-corrected chi connectivity index (χ2v) is 7.55. The van der Waals surface area contributed by atoms with Crippen LogP contribution in [0.4, 0.5) is 19.0 Å². The number of halogens is 3. The molecule has 0 amide bonds. The number of benzene rings is 1. The number of anilines is 1. The molecule has 2 aromatic heterocycles. The fourth-order valence-electron chi connectivity index (χ4n) is 3.48. The highest BCUT2D eigenvalue weighted by Crippen LogP contribution is 2.32. The van der Waals surface area contributed by atoms with Crippen molar-refractivity contribution in [1.29, 1.82) is 0 Å². The molecule has 1 atom stereocenters. The Bertz CT molecular complexity index is 905. The number of hydrogen-bond donors (Lipinski definition) is 1. The molecule has 27 heavy (non-hydrogen) atoms. The molecule has 1 saturated heterocycles. The molecule has 3 aromatic rings. The van der Waals surface area contributed by atoms with E-state index in [0.29, 0.717) is 11.9 Å². The number of nitrogens with one attached hydrogen (secondary N) is 1. The Labute approximate surface area is 159 Å². The molecular weight excluding hydrogens is 373 g/mol. The van der Waals surface area contributed by atoms with Crippen LogP contribution in [0.1, 0.15) is 29.6 Å². The molecule has 3 heterocycles. The zero-order valence-electron chi connectivity index (χ0n) is 14.5. The van der Waals surface area contributed by atoms with Gasteiger partial charge in [0.05, 0.1) is 11.6 Å². The molecular formula is C19H19F3N4S. The molecule has 4 rings (SSSR count). The molecule has 0 saturated carbocycles. The minimum absolute atomic E-state index is 0.121. The van der Waals surface area contributed by atoms with Gasteiger partial charge in [-0.05, 0) is 49.5 Å². The number of para-hydroxylation sites is 1. The van der Waals surface area contributed by atoms with Crippen molar-refractivity contribution in [2.45, 2.75) is 25.1 Å². The van der Waals surface area contributed by atoms with Crippen molar-refractivity contribution in [1.82, 2.24) is 14.9 Å². The number of aromatic nitrogens is 2. The SMILES string of the molecule is FC(F)(F)c1nc(NC[C@H](c2cccs2)N2CCCC2)c2ccccc2n1. The average molecular weight is 392 g/mol. The quantitative estimate of drug-likeness (QED) is 0.666. The summed E-state index contributed by atoms with van der Waals surface area (Å²) in [6.07, 6.45) is -2.28. The highest BCUT2D eigenvalue weighted by molar-refractivity contribution is 7.10. The molecule has 1 aliphatic rings. The summed E-state index contributed by atoms with van der Waals surface area (Å²) < 4.78 is 39.6. The molecule has 1 aromatic carbocycles. The van der Waals surface area contributed by atoms with E-state index >= 15 is 0 Å². The van der Waals surface area contributed by atoms with E-state index < -0.39 is 12.0 Å². The predicted octanol–water partition coefficient (Wildman–Crippen LogP) is 4.96. The lowest BCUT2D eigenvalue weighted by molar-refractivity contribution is -0.144. The van der Waals surface area contributed by atoms with Crippen molar-refractivity contribution >= 4 is 28.1 Å². The largest absolute Gasteiger partial charge is 0.451 e. The van der Waals surface area contributed by atoms with Crippen LogP contribution in [0.3, 0.4) is 0 Å². The van der Waals surface area contributed by atoms with Crippen LogP contribution in [-0.4, -0.2) is 34.5 Å². The summed E-state index contributed by atoms with van der Waals surface area (Å²) in [6.45, 7) is 2.50. The topological polar surface area (TPSA) is 41.1 Å². The minimum Gasteiger partial charge on any atom is -0.367 e. The van der Waals surface area contributed by atoms with Crippen LogP contribution in [0.15, 0.2) is 41.8 Å². The van der Waals surface area contributed by atoms with Gasteiger partial charge in [0, 0.05) is 16.8 Å². The summed E-state index contributed by atoms with van der Waals surface area (Å²) in [4.78, 5) is 11.1. The first-order chi connectivity index (χ1) is 13.0. The lowest BCUT2D eigenvalue weighted by Gasteiger charge is -2.27. The normalized spacial score (nSPS) is 16.7. The zero-order chi connectivity index (χ0) is 18.9. The Kier molecular flexibility index (Phi) is 5.01. The molecule has 1 N–H and O–H groups in total. The van der Waals surface area contributed by atoms with E-state index in [-0.39, 0.29) is 17.4 Å². The average Bonchev–Trinajstić information content (AvgIpc) is 3.35. The second-order valence-electron chi connectivity index (χ2n) is 6.57. The molecule has 1 fully saturated rings. The fraction of sp³-hybridized carbons (Fsp3) is 0.368. The number of thiophene rings is 1. The van der Waals surface area contributed by atoms with E-state index in [1.807, 2.05) is 11.4 Å². The van der Waals surface area contributed by atoms with E-state index in [1.54, 1.807) is 35.6 Å². The van der Waals surface area contributed by atoms with Crippen LogP contribution in [0.5, 0.6) is 0 Å². The zero-order valence-corrected chi connectivity index (χ0v) is 15.4. The number of hydrogen-bond acceptors (Lipinski definition) is 5. The second kappa shape index (κ2) is 7.44. The molecule has 0 aliphatic carbocycles. The molecule has 142 valence electrons. The summed E-state index contributed by atoms with van der Waals surface area (Å²) in [6, 6.07) is 11.0. The number of likely N-dealkylation sites (tertiary alicyclic amines) is 1. The third kappa shape index (κ3) is 3.91. The highest BCUT2D eigenvalue weighted by atomic mass is 32.1. The molecule has 1 aliphatic heterocycles. The van der Waals surface area contributed by atoms with Crippen molar-refractivity contribution in [2.75, 3.05) is 25.0 Å². The van der Waals surface area contributed by atoms with Crippen LogP contribution in [0.2, 0.25) is 0 Å². The van der Waals surface area contributed by atoms with Crippen LogP contribution in [0, 0.1) is 0 Å². The first kappa shape index (κ1) is 18.2. The van der Waals surface area contributed by atoms with Crippen LogP contribution in [0.25, 0.3) is 10.9 Å². The van der Waals surface area contributed by atoms with Gasteiger partial charge in [-0.2, -0.15) is 13.2 Å². The lowest BCUT2D eigenvalue weighted by Crippen LogP contribution is -2.30. The fourth-order valence-corrected chi connectivity index (χ4v) is 4.34. The third-order valence-electron chi connectivity index (χ3n) is 4.77. The maximum absolute atomic E-state index is 13.2. The van der Waals surface area contributed by atoms with Crippen molar-refractivity contribution < 1.29 is 13.2 Å². The Hall–Kier alpha value is -2.19. The number of alkyl halides is 3. The van der Waals surface area contributed by atoms with E-state index in [2.05, 4.69) is 26.3 Å². The maximum Gasteiger partial charge on any atom is 0.451 e. The lowest BCUT2D eigenvalue weighted by atomic mass is 10.2. The molecule has 0 spiro atoms. The van der Waals surface area contributed by atoms with Gasteiger partial charge in [-0.25, -0.2) is 9.97 Å². The van der Waals surface area contributed by atoms with Gasteiger partial charge in [0.25, 0.3) is 0 Å². The number of rotatable bonds is 5. The van der Waals surface area contributed by atoms with Crippen LogP contribution < -0.4 is 5.32 Å². The standard InChI is InChI=1S/C19H19F3N4S/c20-19(21,22)18-24-14-7-2-1-6-13(14)17(25-18)23-12-15(16-8-5-11-27-16)26-9-3-4-10-26/h1-2,5-8,11,15H,3-4,9-10,12H2,(H,23,24,25)/t15-/m1/s1. The van der Waals surface area contributed by atoms with E-state index in [0.717, 1.165) is 25.9 Å². The van der Waals surface area contributed by atoms with Gasteiger partial charge in [0.1, 0.15) is 5.82 Å². The van der Waals surface area contributed by atoms with E-state index in [9.17, 15) is 13.2 Å². The third-order valence-corrected chi connectivity index (χ3v) is 5.75. The minimum atomic E-state index is -4.58. The van der Waals surface area contributed by atoms with Crippen molar-refractivity contribution in [3.8, 4) is 0 Å². The summed E-state index contributed by atoms with van der Waals surface area (Å²) >= 11 is 1.67. The Morgan fingerprint density at radius 1 is 1.07 bits per heavy atom. The maximum atomic E-state index is 13.2. The Morgan fingerprint density at radius 2 is 1.85 bits per heavy atom. The molecule has 0 radical (unpaired) electrons. The van der Waals surface area contributed by atoms with Gasteiger partial charge in [-0.1, -0.05) is 18.2 Å². The summed E-state index contributed by atoms with van der Waals surface area (Å²) in [5.74, 6) is -0.883. The van der Waals surface area contributed by atoms with Crippen LogP contribution in [-0.2, 0) is 6.18 Å². The molecule has 0 unspecified atom stereocenters.